The molecule has 0 fully saturated rings. The molecule has 4 rings (SSSR count). The molecule has 5 nitrogen and oxygen atoms in total. The highest BCUT2D eigenvalue weighted by molar-refractivity contribution is 5.89. The van der Waals surface area contributed by atoms with E-state index in [0.717, 1.165) is 33.4 Å². The summed E-state index contributed by atoms with van der Waals surface area (Å²) in [4.78, 5) is 23.5. The van der Waals surface area contributed by atoms with Crippen molar-refractivity contribution >= 4 is 11.9 Å². The normalized spacial score (nSPS) is 11.3. The highest BCUT2D eigenvalue weighted by atomic mass is 19.1. The van der Waals surface area contributed by atoms with Gasteiger partial charge in [0.2, 0.25) is 0 Å². The Kier molecular flexibility index (Phi) is 9.41. The molecule has 0 atom stereocenters. The Morgan fingerprint density at radius 3 is 1.67 bits per heavy atom. The van der Waals surface area contributed by atoms with Crippen LogP contribution in [0.25, 0.3) is 33.4 Å². The first-order valence-electron chi connectivity index (χ1n) is 13.6. The van der Waals surface area contributed by atoms with Crippen LogP contribution in [-0.2, 0) is 14.3 Å². The number of halogens is 1. The van der Waals surface area contributed by atoms with Crippen LogP contribution >= 0.6 is 0 Å². The van der Waals surface area contributed by atoms with Crippen LogP contribution in [0.5, 0.6) is 11.5 Å². The van der Waals surface area contributed by atoms with Gasteiger partial charge in [-0.05, 0) is 92.3 Å². The lowest BCUT2D eigenvalue weighted by atomic mass is 9.94. The van der Waals surface area contributed by atoms with Crippen molar-refractivity contribution in [3.05, 3.63) is 132 Å². The molecule has 43 heavy (non-hydrogen) atoms. The molecular formula is C37H33FO5. The third-order valence-corrected chi connectivity index (χ3v) is 6.78. The lowest BCUT2D eigenvalue weighted by molar-refractivity contribution is -0.135. The minimum absolute atomic E-state index is 0.271. The van der Waals surface area contributed by atoms with Gasteiger partial charge in [0, 0.05) is 22.8 Å². The third-order valence-electron chi connectivity index (χ3n) is 6.78. The molecule has 0 aromatic heterocycles. The summed E-state index contributed by atoms with van der Waals surface area (Å²) in [5.41, 5.74) is 6.98. The summed E-state index contributed by atoms with van der Waals surface area (Å²) in [5, 5.41) is 0. The summed E-state index contributed by atoms with van der Waals surface area (Å²) >= 11 is 0. The van der Waals surface area contributed by atoms with E-state index in [1.165, 1.54) is 6.07 Å². The van der Waals surface area contributed by atoms with Gasteiger partial charge in [-0.3, -0.25) is 0 Å². The van der Waals surface area contributed by atoms with E-state index in [-0.39, 0.29) is 11.3 Å². The molecule has 0 bridgehead atoms. The van der Waals surface area contributed by atoms with Crippen molar-refractivity contribution in [2.24, 2.45) is 0 Å². The molecule has 4 aromatic carbocycles. The maximum Gasteiger partial charge on any atom is 0.338 e. The van der Waals surface area contributed by atoms with E-state index < -0.39 is 17.8 Å². The van der Waals surface area contributed by atoms with Crippen LogP contribution < -0.4 is 9.47 Å². The number of esters is 2. The third kappa shape index (κ3) is 7.54. The highest BCUT2D eigenvalue weighted by Gasteiger charge is 2.12. The first-order chi connectivity index (χ1) is 20.4. The zero-order chi connectivity index (χ0) is 31.3. The van der Waals surface area contributed by atoms with Crippen LogP contribution in [0.15, 0.2) is 121 Å². The molecule has 6 heteroatoms. The molecular weight excluding hydrogens is 543 g/mol. The van der Waals surface area contributed by atoms with Crippen molar-refractivity contribution in [1.82, 2.24) is 0 Å². The smallest absolute Gasteiger partial charge is 0.338 e. The summed E-state index contributed by atoms with van der Waals surface area (Å²) in [6.07, 6.45) is 0. The maximum atomic E-state index is 15.1. The summed E-state index contributed by atoms with van der Waals surface area (Å²) in [5.74, 6) is -0.0647. The molecule has 0 unspecified atom stereocenters. The second kappa shape index (κ2) is 13.2. The van der Waals surface area contributed by atoms with Gasteiger partial charge in [-0.25, -0.2) is 14.0 Å². The Morgan fingerprint density at radius 1 is 0.581 bits per heavy atom. The van der Waals surface area contributed by atoms with Crippen molar-refractivity contribution in [2.75, 3.05) is 0 Å². The number of rotatable bonds is 9. The molecule has 0 radical (unpaired) electrons. The largest absolute Gasteiger partial charge is 0.458 e. The summed E-state index contributed by atoms with van der Waals surface area (Å²) in [6.45, 7) is 15.6. The number of ether oxygens (including phenoxy) is 3. The van der Waals surface area contributed by atoms with Gasteiger partial charge in [-0.1, -0.05) is 67.8 Å². The zero-order valence-corrected chi connectivity index (χ0v) is 24.9. The SMILES string of the molecule is C=C(C)C(=O)O/C(C)=C(\C)Oc1ccc(-c2ccc(-c3ccc(-c4ccc(OC(=O)C(=C)C)cc4)c(C)c3)cc2)c(F)c1. The first-order valence-corrected chi connectivity index (χ1v) is 13.6. The van der Waals surface area contributed by atoms with E-state index in [1.807, 2.05) is 49.4 Å². The number of carbonyl (C=O) groups is 2. The van der Waals surface area contributed by atoms with Crippen LogP contribution in [0, 0.1) is 12.7 Å². The molecule has 0 heterocycles. The number of benzene rings is 4. The van der Waals surface area contributed by atoms with E-state index in [1.54, 1.807) is 52.0 Å². The Labute approximate surface area is 251 Å². The standard InChI is InChI=1S/C37H33FO5/c1-22(2)36(39)42-26(7)25(6)41-32-17-19-34(35(38)21-32)29-10-8-27(9-11-29)30-14-18-33(24(5)20-30)28-12-15-31(16-13-28)43-37(40)23(3)4/h8-21H,1,3H2,2,4-7H3/b26-25+. The van der Waals surface area contributed by atoms with Crippen molar-refractivity contribution < 1.29 is 28.2 Å². The lowest BCUT2D eigenvalue weighted by Crippen LogP contribution is -2.07. The molecule has 0 spiro atoms. The quantitative estimate of drug-likeness (QED) is 0.0860. The average Bonchev–Trinajstić information content (AvgIpc) is 2.97. The van der Waals surface area contributed by atoms with Gasteiger partial charge >= 0.3 is 11.9 Å². The maximum absolute atomic E-state index is 15.1. The number of hydrogen-bond acceptors (Lipinski definition) is 5. The number of carbonyl (C=O) groups excluding carboxylic acids is 2. The molecule has 0 aliphatic rings. The minimum atomic E-state index is -0.549. The Morgan fingerprint density at radius 2 is 1.09 bits per heavy atom. The Bertz CT molecular complexity index is 1750. The van der Waals surface area contributed by atoms with E-state index in [9.17, 15) is 9.59 Å². The van der Waals surface area contributed by atoms with E-state index in [2.05, 4.69) is 25.3 Å². The van der Waals surface area contributed by atoms with Gasteiger partial charge in [0.25, 0.3) is 0 Å². The second-order valence-corrected chi connectivity index (χ2v) is 10.3. The fourth-order valence-corrected chi connectivity index (χ4v) is 4.25. The first kappa shape index (κ1) is 30.7. The molecule has 0 saturated carbocycles. The van der Waals surface area contributed by atoms with E-state index >= 15 is 4.39 Å². The van der Waals surface area contributed by atoms with Crippen LogP contribution in [0.1, 0.15) is 33.3 Å². The van der Waals surface area contributed by atoms with Crippen LogP contribution in [0.3, 0.4) is 0 Å². The average molecular weight is 577 g/mol. The number of aryl methyl sites for hydroxylation is 1. The lowest BCUT2D eigenvalue weighted by Gasteiger charge is -2.12. The van der Waals surface area contributed by atoms with Crippen molar-refractivity contribution in [3.8, 4) is 44.9 Å². The molecule has 218 valence electrons. The summed E-state index contributed by atoms with van der Waals surface area (Å²) in [7, 11) is 0. The Hall–Kier alpha value is -5.23. The number of allylic oxidation sites excluding steroid dienone is 2. The fourth-order valence-electron chi connectivity index (χ4n) is 4.25. The van der Waals surface area contributed by atoms with E-state index in [0.29, 0.717) is 28.4 Å². The number of hydrogen-bond donors (Lipinski definition) is 0. The van der Waals surface area contributed by atoms with Crippen molar-refractivity contribution in [3.63, 3.8) is 0 Å². The summed E-state index contributed by atoms with van der Waals surface area (Å²) in [6, 6.07) is 25.9. The van der Waals surface area contributed by atoms with Gasteiger partial charge < -0.3 is 14.2 Å². The minimum Gasteiger partial charge on any atom is -0.458 e. The Balaban J connectivity index is 1.47. The summed E-state index contributed by atoms with van der Waals surface area (Å²) < 4.78 is 31.2. The monoisotopic (exact) mass is 576 g/mol. The molecule has 0 aliphatic carbocycles. The van der Waals surface area contributed by atoms with Gasteiger partial charge in [-0.2, -0.15) is 0 Å². The van der Waals surface area contributed by atoms with Crippen LogP contribution in [0.2, 0.25) is 0 Å². The molecule has 0 aliphatic heterocycles. The van der Waals surface area contributed by atoms with Gasteiger partial charge in [-0.15, -0.1) is 0 Å². The van der Waals surface area contributed by atoms with Gasteiger partial charge in [0.05, 0.1) is 0 Å². The van der Waals surface area contributed by atoms with Crippen LogP contribution in [0.4, 0.5) is 4.39 Å². The predicted octanol–water partition coefficient (Wildman–Crippen LogP) is 9.37. The molecule has 0 amide bonds. The molecule has 0 N–H and O–H groups in total. The van der Waals surface area contributed by atoms with Crippen molar-refractivity contribution in [1.29, 1.82) is 0 Å². The second-order valence-electron chi connectivity index (χ2n) is 10.3. The highest BCUT2D eigenvalue weighted by Crippen LogP contribution is 2.32. The zero-order valence-electron chi connectivity index (χ0n) is 24.9. The fraction of sp³-hybridized carbons (Fsp3) is 0.135. The van der Waals surface area contributed by atoms with Gasteiger partial charge in [0.1, 0.15) is 28.8 Å². The van der Waals surface area contributed by atoms with Gasteiger partial charge in [0.15, 0.2) is 0 Å². The van der Waals surface area contributed by atoms with Crippen LogP contribution in [-0.4, -0.2) is 11.9 Å². The molecule has 0 saturated heterocycles. The topological polar surface area (TPSA) is 61.8 Å². The predicted molar refractivity (Wildman–Crippen MR) is 168 cm³/mol. The molecule has 4 aromatic rings. The van der Waals surface area contributed by atoms with E-state index in [4.69, 9.17) is 14.2 Å². The van der Waals surface area contributed by atoms with Crippen molar-refractivity contribution in [2.45, 2.75) is 34.6 Å².